The Hall–Kier alpha value is -3.02. The molecule has 2 rings (SSSR count). The summed E-state index contributed by atoms with van der Waals surface area (Å²) in [5, 5.41) is 2.74. The molecule has 2 amide bonds. The third kappa shape index (κ3) is 4.49. The summed E-state index contributed by atoms with van der Waals surface area (Å²) in [4.78, 5) is 25.8. The van der Waals surface area contributed by atoms with Gasteiger partial charge in [0.25, 0.3) is 5.91 Å². The summed E-state index contributed by atoms with van der Waals surface area (Å²) < 4.78 is 10.2. The Labute approximate surface area is 141 Å². The first kappa shape index (κ1) is 17.3. The van der Waals surface area contributed by atoms with Gasteiger partial charge in [0.2, 0.25) is 5.91 Å². The number of rotatable bonds is 6. The molecular weight excluding hydrogens is 308 g/mol. The molecular formula is C18H20N2O4. The first-order valence-electron chi connectivity index (χ1n) is 7.37. The third-order valence-corrected chi connectivity index (χ3v) is 3.40. The van der Waals surface area contributed by atoms with Crippen molar-refractivity contribution >= 4 is 17.5 Å². The molecule has 24 heavy (non-hydrogen) atoms. The van der Waals surface area contributed by atoms with Crippen LogP contribution in [0.1, 0.15) is 10.4 Å². The van der Waals surface area contributed by atoms with Crippen LogP contribution in [0.25, 0.3) is 0 Å². The summed E-state index contributed by atoms with van der Waals surface area (Å²) in [6.07, 6.45) is 0. The Balaban J connectivity index is 1.98. The van der Waals surface area contributed by atoms with Gasteiger partial charge in [0.05, 0.1) is 20.8 Å². The van der Waals surface area contributed by atoms with E-state index in [-0.39, 0.29) is 18.4 Å². The minimum absolute atomic E-state index is 0.0622. The van der Waals surface area contributed by atoms with Gasteiger partial charge in [0.15, 0.2) is 0 Å². The summed E-state index contributed by atoms with van der Waals surface area (Å²) in [7, 11) is 4.67. The van der Waals surface area contributed by atoms with Crippen LogP contribution in [0.4, 0.5) is 5.69 Å². The average molecular weight is 328 g/mol. The summed E-state index contributed by atoms with van der Waals surface area (Å²) in [6, 6.07) is 13.8. The number of likely N-dealkylation sites (N-methyl/N-ethyl adjacent to an activating group) is 1. The largest absolute Gasteiger partial charge is 0.497 e. The molecule has 1 N–H and O–H groups in total. The minimum Gasteiger partial charge on any atom is -0.497 e. The predicted molar refractivity (Wildman–Crippen MR) is 91.6 cm³/mol. The van der Waals surface area contributed by atoms with E-state index in [0.717, 1.165) is 0 Å². The molecule has 0 unspecified atom stereocenters. The van der Waals surface area contributed by atoms with E-state index in [1.807, 2.05) is 0 Å². The van der Waals surface area contributed by atoms with Crippen molar-refractivity contribution in [1.82, 2.24) is 4.90 Å². The lowest BCUT2D eigenvalue weighted by atomic mass is 10.2. The predicted octanol–water partition coefficient (Wildman–Crippen LogP) is 2.41. The molecule has 0 fully saturated rings. The highest BCUT2D eigenvalue weighted by molar-refractivity contribution is 5.99. The Kier molecular flexibility index (Phi) is 5.78. The maximum atomic E-state index is 12.4. The van der Waals surface area contributed by atoms with Gasteiger partial charge in [-0.3, -0.25) is 9.59 Å². The summed E-state index contributed by atoms with van der Waals surface area (Å²) in [5.41, 5.74) is 1.08. The molecule has 0 spiro atoms. The van der Waals surface area contributed by atoms with E-state index in [1.54, 1.807) is 62.7 Å². The standard InChI is InChI=1S/C18H20N2O4/c1-20(18(22)13-6-4-8-15(10-13)23-2)12-17(21)19-14-7-5-9-16(11-14)24-3/h4-11H,12H2,1-3H3,(H,19,21). The topological polar surface area (TPSA) is 67.9 Å². The number of nitrogens with zero attached hydrogens (tertiary/aromatic N) is 1. The fourth-order valence-electron chi connectivity index (χ4n) is 2.17. The van der Waals surface area contributed by atoms with Gasteiger partial charge < -0.3 is 19.7 Å². The molecule has 0 aromatic heterocycles. The molecule has 0 aliphatic carbocycles. The van der Waals surface area contributed by atoms with Crippen molar-refractivity contribution in [1.29, 1.82) is 0 Å². The van der Waals surface area contributed by atoms with Crippen LogP contribution in [0.5, 0.6) is 11.5 Å². The van der Waals surface area contributed by atoms with Crippen molar-refractivity contribution in [2.75, 3.05) is 33.1 Å². The molecule has 6 nitrogen and oxygen atoms in total. The van der Waals surface area contributed by atoms with Crippen LogP contribution in [-0.2, 0) is 4.79 Å². The number of carbonyl (C=O) groups excluding carboxylic acids is 2. The monoisotopic (exact) mass is 328 g/mol. The molecule has 6 heteroatoms. The molecule has 2 aromatic carbocycles. The van der Waals surface area contributed by atoms with Crippen molar-refractivity contribution < 1.29 is 19.1 Å². The van der Waals surface area contributed by atoms with E-state index in [1.165, 1.54) is 12.0 Å². The van der Waals surface area contributed by atoms with Crippen molar-refractivity contribution in [2.45, 2.75) is 0 Å². The highest BCUT2D eigenvalue weighted by Gasteiger charge is 2.15. The number of benzene rings is 2. The highest BCUT2D eigenvalue weighted by atomic mass is 16.5. The molecule has 2 aromatic rings. The van der Waals surface area contributed by atoms with Gasteiger partial charge in [0, 0.05) is 24.4 Å². The number of nitrogens with one attached hydrogen (secondary N) is 1. The maximum Gasteiger partial charge on any atom is 0.254 e. The first-order chi connectivity index (χ1) is 11.5. The fourth-order valence-corrected chi connectivity index (χ4v) is 2.17. The molecule has 126 valence electrons. The second kappa shape index (κ2) is 8.01. The zero-order chi connectivity index (χ0) is 17.5. The zero-order valence-electron chi connectivity index (χ0n) is 13.9. The van der Waals surface area contributed by atoms with E-state index >= 15 is 0 Å². The van der Waals surface area contributed by atoms with E-state index in [2.05, 4.69) is 5.32 Å². The van der Waals surface area contributed by atoms with E-state index < -0.39 is 0 Å². The fraction of sp³-hybridized carbons (Fsp3) is 0.222. The smallest absolute Gasteiger partial charge is 0.254 e. The van der Waals surface area contributed by atoms with Crippen LogP contribution >= 0.6 is 0 Å². The van der Waals surface area contributed by atoms with Crippen LogP contribution in [-0.4, -0.2) is 44.5 Å². The summed E-state index contributed by atoms with van der Waals surface area (Å²) in [6.45, 7) is -0.0622. The first-order valence-corrected chi connectivity index (χ1v) is 7.37. The van der Waals surface area contributed by atoms with Crippen molar-refractivity contribution in [3.05, 3.63) is 54.1 Å². The third-order valence-electron chi connectivity index (χ3n) is 3.40. The Morgan fingerprint density at radius 2 is 1.62 bits per heavy atom. The Morgan fingerprint density at radius 1 is 1.00 bits per heavy atom. The van der Waals surface area contributed by atoms with Crippen molar-refractivity contribution in [2.24, 2.45) is 0 Å². The average Bonchev–Trinajstić information content (AvgIpc) is 2.61. The minimum atomic E-state index is -0.290. The second-order valence-electron chi connectivity index (χ2n) is 5.17. The van der Waals surface area contributed by atoms with Gasteiger partial charge in [-0.1, -0.05) is 12.1 Å². The zero-order valence-corrected chi connectivity index (χ0v) is 13.9. The number of hydrogen-bond acceptors (Lipinski definition) is 4. The van der Waals surface area contributed by atoms with Crippen molar-refractivity contribution in [3.63, 3.8) is 0 Å². The number of amides is 2. The van der Waals surface area contributed by atoms with Crippen LogP contribution in [0.2, 0.25) is 0 Å². The molecule has 0 saturated heterocycles. The van der Waals surface area contributed by atoms with Crippen LogP contribution < -0.4 is 14.8 Å². The maximum absolute atomic E-state index is 12.4. The van der Waals surface area contributed by atoms with Gasteiger partial charge in [-0.15, -0.1) is 0 Å². The number of hydrogen-bond donors (Lipinski definition) is 1. The second-order valence-corrected chi connectivity index (χ2v) is 5.17. The van der Waals surface area contributed by atoms with Crippen LogP contribution in [0, 0.1) is 0 Å². The van der Waals surface area contributed by atoms with E-state index in [9.17, 15) is 9.59 Å². The Bertz CT molecular complexity index is 730. The molecule has 0 bridgehead atoms. The van der Waals surface area contributed by atoms with E-state index in [4.69, 9.17) is 9.47 Å². The number of anilines is 1. The normalized spacial score (nSPS) is 9.96. The molecule has 0 saturated carbocycles. The number of carbonyl (C=O) groups is 2. The highest BCUT2D eigenvalue weighted by Crippen LogP contribution is 2.17. The van der Waals surface area contributed by atoms with Gasteiger partial charge in [0.1, 0.15) is 11.5 Å². The molecule has 0 heterocycles. The molecule has 0 aliphatic heterocycles. The summed E-state index contributed by atoms with van der Waals surface area (Å²) >= 11 is 0. The van der Waals surface area contributed by atoms with Crippen molar-refractivity contribution in [3.8, 4) is 11.5 Å². The molecule has 0 radical (unpaired) electrons. The Morgan fingerprint density at radius 3 is 2.29 bits per heavy atom. The van der Waals surface area contributed by atoms with E-state index in [0.29, 0.717) is 22.7 Å². The number of methoxy groups -OCH3 is 2. The number of ether oxygens (including phenoxy) is 2. The van der Waals surface area contributed by atoms with Gasteiger partial charge in [-0.05, 0) is 30.3 Å². The van der Waals surface area contributed by atoms with Gasteiger partial charge in [-0.2, -0.15) is 0 Å². The SMILES string of the molecule is COc1cccc(NC(=O)CN(C)C(=O)c2cccc(OC)c2)c1. The molecule has 0 atom stereocenters. The van der Waals surface area contributed by atoms with Crippen LogP contribution in [0.3, 0.4) is 0 Å². The van der Waals surface area contributed by atoms with Gasteiger partial charge in [-0.25, -0.2) is 0 Å². The van der Waals surface area contributed by atoms with Gasteiger partial charge >= 0.3 is 0 Å². The molecule has 0 aliphatic rings. The lowest BCUT2D eigenvalue weighted by molar-refractivity contribution is -0.116. The summed E-state index contributed by atoms with van der Waals surface area (Å²) in [5.74, 6) is 0.695. The lowest BCUT2D eigenvalue weighted by Gasteiger charge is -2.17. The lowest BCUT2D eigenvalue weighted by Crippen LogP contribution is -2.34. The quantitative estimate of drug-likeness (QED) is 0.884. The van der Waals surface area contributed by atoms with Crippen LogP contribution in [0.15, 0.2) is 48.5 Å².